The Kier molecular flexibility index (Phi) is 50.9. The van der Waals surface area contributed by atoms with Crippen molar-refractivity contribution in [2.45, 2.75) is 252 Å². The molecule has 6 nitrogen and oxygen atoms in total. The highest BCUT2D eigenvalue weighted by molar-refractivity contribution is 5.71. The third-order valence-corrected chi connectivity index (χ3v) is 11.3. The summed E-state index contributed by atoms with van der Waals surface area (Å²) in [4.78, 5) is 38.0. The van der Waals surface area contributed by atoms with Gasteiger partial charge in [-0.1, -0.05) is 227 Å². The molecular weight excluding hydrogens is 817 g/mol. The van der Waals surface area contributed by atoms with Crippen molar-refractivity contribution < 1.29 is 28.6 Å². The van der Waals surface area contributed by atoms with Crippen LogP contribution in [-0.2, 0) is 28.6 Å². The third-order valence-electron chi connectivity index (χ3n) is 11.3. The summed E-state index contributed by atoms with van der Waals surface area (Å²) in [7, 11) is 0. The van der Waals surface area contributed by atoms with Crippen molar-refractivity contribution >= 4 is 17.9 Å². The normalized spacial score (nSPS) is 12.8. The molecule has 0 rings (SSSR count). The van der Waals surface area contributed by atoms with Gasteiger partial charge in [-0.05, 0) is 96.3 Å². The Morgan fingerprint density at radius 2 is 0.591 bits per heavy atom. The fourth-order valence-corrected chi connectivity index (χ4v) is 7.31. The summed E-state index contributed by atoms with van der Waals surface area (Å²) in [5.74, 6) is -0.917. The number of carbonyl (C=O) groups excluding carboxylic acids is 3. The number of unbranched alkanes of at least 4 members (excludes halogenated alkanes) is 21. The maximum Gasteiger partial charge on any atom is 0.306 e. The molecular formula is C60H100O6. The predicted molar refractivity (Wildman–Crippen MR) is 284 cm³/mol. The van der Waals surface area contributed by atoms with Gasteiger partial charge in [0, 0.05) is 19.3 Å². The lowest BCUT2D eigenvalue weighted by molar-refractivity contribution is -0.167. The number of allylic oxidation sites excluding steroid dienone is 16. The van der Waals surface area contributed by atoms with E-state index in [1.54, 1.807) is 0 Å². The first kappa shape index (κ1) is 62.3. The first-order valence-corrected chi connectivity index (χ1v) is 27.2. The van der Waals surface area contributed by atoms with Crippen LogP contribution in [-0.4, -0.2) is 37.2 Å². The summed E-state index contributed by atoms with van der Waals surface area (Å²) >= 11 is 0. The van der Waals surface area contributed by atoms with Gasteiger partial charge in [-0.3, -0.25) is 14.4 Å². The molecule has 1 unspecified atom stereocenters. The summed E-state index contributed by atoms with van der Waals surface area (Å²) in [5, 5.41) is 0. The van der Waals surface area contributed by atoms with Crippen LogP contribution >= 0.6 is 0 Å². The summed E-state index contributed by atoms with van der Waals surface area (Å²) in [5.41, 5.74) is 0. The van der Waals surface area contributed by atoms with Gasteiger partial charge >= 0.3 is 17.9 Å². The molecule has 0 aromatic carbocycles. The van der Waals surface area contributed by atoms with Crippen LogP contribution in [0.4, 0.5) is 0 Å². The fraction of sp³-hybridized carbons (Fsp3) is 0.683. The van der Waals surface area contributed by atoms with Gasteiger partial charge in [0.15, 0.2) is 6.10 Å². The molecule has 0 aromatic rings. The zero-order chi connectivity index (χ0) is 47.9. The predicted octanol–water partition coefficient (Wildman–Crippen LogP) is 18.1. The first-order valence-electron chi connectivity index (χ1n) is 27.2. The quantitative estimate of drug-likeness (QED) is 0.0262. The number of carbonyl (C=O) groups is 3. The molecule has 0 amide bonds. The lowest BCUT2D eigenvalue weighted by atomic mass is 10.1. The van der Waals surface area contributed by atoms with Crippen molar-refractivity contribution in [3.63, 3.8) is 0 Å². The number of ether oxygens (including phenoxy) is 3. The number of esters is 3. The van der Waals surface area contributed by atoms with E-state index in [9.17, 15) is 14.4 Å². The Labute approximate surface area is 407 Å². The molecule has 0 fully saturated rings. The Bertz CT molecular complexity index is 1330. The van der Waals surface area contributed by atoms with E-state index >= 15 is 0 Å². The van der Waals surface area contributed by atoms with Crippen LogP contribution in [0.1, 0.15) is 245 Å². The van der Waals surface area contributed by atoms with Gasteiger partial charge in [-0.2, -0.15) is 0 Å². The Morgan fingerprint density at radius 1 is 0.318 bits per heavy atom. The van der Waals surface area contributed by atoms with Gasteiger partial charge in [0.25, 0.3) is 0 Å². The molecule has 0 aliphatic heterocycles. The van der Waals surface area contributed by atoms with E-state index in [1.165, 1.54) is 70.6 Å². The lowest BCUT2D eigenvalue weighted by Crippen LogP contribution is -2.30. The Hall–Kier alpha value is -3.67. The van der Waals surface area contributed by atoms with Crippen molar-refractivity contribution in [2.75, 3.05) is 13.2 Å². The molecule has 0 N–H and O–H groups in total. The topological polar surface area (TPSA) is 78.9 Å². The fourth-order valence-electron chi connectivity index (χ4n) is 7.31. The average molecular weight is 917 g/mol. The average Bonchev–Trinajstić information content (AvgIpc) is 3.31. The Morgan fingerprint density at radius 3 is 0.924 bits per heavy atom. The van der Waals surface area contributed by atoms with Crippen molar-refractivity contribution in [3.8, 4) is 0 Å². The molecule has 6 heteroatoms. The second kappa shape index (κ2) is 53.9. The van der Waals surface area contributed by atoms with Gasteiger partial charge in [0.05, 0.1) is 0 Å². The van der Waals surface area contributed by atoms with E-state index in [-0.39, 0.29) is 31.1 Å². The smallest absolute Gasteiger partial charge is 0.306 e. The molecule has 66 heavy (non-hydrogen) atoms. The van der Waals surface area contributed by atoms with Crippen LogP contribution in [0.5, 0.6) is 0 Å². The standard InChI is InChI=1S/C60H100O6/c1-4-7-10-13-16-19-22-24-26-28-30-32-34-36-38-41-44-47-50-53-59(62)65-56-57(55-64-58(61)52-49-46-43-40-21-18-15-12-9-6-3)66-60(63)54-51-48-45-42-39-37-35-33-31-29-27-25-23-20-17-14-11-8-5-2/h7-8,10-11,16-17,19-20,24-27,30-33,57H,4-6,9,12-15,18,21-23,28-29,34-56H2,1-3H3/b10-7-,11-8-,19-16-,20-17-,26-24-,27-25-,32-30-,33-31-. The summed E-state index contributed by atoms with van der Waals surface area (Å²) in [6, 6.07) is 0. The third kappa shape index (κ3) is 51.3. The van der Waals surface area contributed by atoms with E-state index in [2.05, 4.69) is 118 Å². The minimum atomic E-state index is -0.790. The summed E-state index contributed by atoms with van der Waals surface area (Å²) < 4.78 is 16.8. The zero-order valence-corrected chi connectivity index (χ0v) is 42.9. The van der Waals surface area contributed by atoms with Crippen molar-refractivity contribution in [2.24, 2.45) is 0 Å². The highest BCUT2D eigenvalue weighted by Crippen LogP contribution is 2.14. The molecule has 0 bridgehead atoms. The maximum atomic E-state index is 12.8. The molecule has 0 heterocycles. The van der Waals surface area contributed by atoms with Crippen molar-refractivity contribution in [1.82, 2.24) is 0 Å². The number of hydrogen-bond donors (Lipinski definition) is 0. The van der Waals surface area contributed by atoms with Gasteiger partial charge in [-0.25, -0.2) is 0 Å². The first-order chi connectivity index (χ1) is 32.5. The molecule has 0 saturated carbocycles. The van der Waals surface area contributed by atoms with E-state index < -0.39 is 6.10 Å². The van der Waals surface area contributed by atoms with Gasteiger partial charge in [-0.15, -0.1) is 0 Å². The number of hydrogen-bond acceptors (Lipinski definition) is 6. The monoisotopic (exact) mass is 917 g/mol. The number of rotatable bonds is 48. The van der Waals surface area contributed by atoms with Crippen LogP contribution in [0.3, 0.4) is 0 Å². The molecule has 0 aromatic heterocycles. The van der Waals surface area contributed by atoms with Crippen LogP contribution < -0.4 is 0 Å². The van der Waals surface area contributed by atoms with Crippen LogP contribution in [0.2, 0.25) is 0 Å². The molecule has 376 valence electrons. The summed E-state index contributed by atoms with van der Waals surface area (Å²) in [6.07, 6.45) is 71.0. The largest absolute Gasteiger partial charge is 0.462 e. The Balaban J connectivity index is 4.39. The molecule has 0 saturated heterocycles. The van der Waals surface area contributed by atoms with Crippen LogP contribution in [0, 0.1) is 0 Å². The molecule has 0 aliphatic carbocycles. The second-order valence-corrected chi connectivity index (χ2v) is 17.7. The maximum absolute atomic E-state index is 12.8. The van der Waals surface area contributed by atoms with Crippen LogP contribution in [0.15, 0.2) is 97.2 Å². The molecule has 0 aliphatic rings. The minimum Gasteiger partial charge on any atom is -0.462 e. The van der Waals surface area contributed by atoms with Crippen LogP contribution in [0.25, 0.3) is 0 Å². The SMILES string of the molecule is CC/C=C\C/C=C\C/C=C\C/C=C\CCCCCCCCC(=O)OCC(COC(=O)CCCCCCCCCCCC)OC(=O)CCCCCCCC/C=C\C/C=C\C/C=C\C/C=C\CC. The zero-order valence-electron chi connectivity index (χ0n) is 42.9. The van der Waals surface area contributed by atoms with E-state index in [0.29, 0.717) is 19.3 Å². The van der Waals surface area contributed by atoms with Gasteiger partial charge < -0.3 is 14.2 Å². The lowest BCUT2D eigenvalue weighted by Gasteiger charge is -2.18. The van der Waals surface area contributed by atoms with Crippen molar-refractivity contribution in [3.05, 3.63) is 97.2 Å². The highest BCUT2D eigenvalue weighted by atomic mass is 16.6. The van der Waals surface area contributed by atoms with E-state index in [1.807, 2.05) is 0 Å². The van der Waals surface area contributed by atoms with E-state index in [0.717, 1.165) is 135 Å². The van der Waals surface area contributed by atoms with Crippen molar-refractivity contribution in [1.29, 1.82) is 0 Å². The van der Waals surface area contributed by atoms with Gasteiger partial charge in [0.2, 0.25) is 0 Å². The van der Waals surface area contributed by atoms with Gasteiger partial charge in [0.1, 0.15) is 13.2 Å². The minimum absolute atomic E-state index is 0.0875. The van der Waals surface area contributed by atoms with E-state index in [4.69, 9.17) is 14.2 Å². The highest BCUT2D eigenvalue weighted by Gasteiger charge is 2.19. The molecule has 0 spiro atoms. The second-order valence-electron chi connectivity index (χ2n) is 17.7. The summed E-state index contributed by atoms with van der Waals surface area (Å²) in [6.45, 7) is 6.38. The molecule has 0 radical (unpaired) electrons. The molecule has 1 atom stereocenters.